The van der Waals surface area contributed by atoms with E-state index in [9.17, 15) is 4.79 Å². The van der Waals surface area contributed by atoms with Crippen LogP contribution in [0.3, 0.4) is 0 Å². The molecule has 0 amide bonds. The minimum Gasteiger partial charge on any atom is -0.477 e. The predicted molar refractivity (Wildman–Crippen MR) is 74.5 cm³/mol. The Labute approximate surface area is 109 Å². The van der Waals surface area contributed by atoms with Crippen LogP contribution in [0.1, 0.15) is 39.8 Å². The van der Waals surface area contributed by atoms with Crippen LogP contribution in [0.15, 0.2) is 0 Å². The standard InChI is InChI=1S/C13H16N2O2S/c1-4-5-8-6(2)9-10(14)11(13(16)17)18-12(9)15-7(8)3/h4-5,14H2,1-3H3,(H,16,17). The van der Waals surface area contributed by atoms with Gasteiger partial charge in [-0.3, -0.25) is 0 Å². The van der Waals surface area contributed by atoms with Gasteiger partial charge < -0.3 is 10.8 Å². The van der Waals surface area contributed by atoms with E-state index in [0.717, 1.165) is 45.7 Å². The van der Waals surface area contributed by atoms with Gasteiger partial charge in [0.15, 0.2) is 0 Å². The summed E-state index contributed by atoms with van der Waals surface area (Å²) in [5, 5.41) is 9.91. The molecule has 0 atom stereocenters. The van der Waals surface area contributed by atoms with Crippen molar-refractivity contribution < 1.29 is 9.90 Å². The molecule has 2 heterocycles. The van der Waals surface area contributed by atoms with Crippen molar-refractivity contribution in [2.45, 2.75) is 33.6 Å². The number of nitrogens with zero attached hydrogens (tertiary/aromatic N) is 1. The molecule has 2 aromatic rings. The summed E-state index contributed by atoms with van der Waals surface area (Å²) in [4.78, 5) is 16.5. The molecule has 18 heavy (non-hydrogen) atoms. The summed E-state index contributed by atoms with van der Waals surface area (Å²) in [6, 6.07) is 0. The lowest BCUT2D eigenvalue weighted by molar-refractivity contribution is 0.0703. The third kappa shape index (κ3) is 1.84. The second-order valence-electron chi connectivity index (χ2n) is 4.38. The van der Waals surface area contributed by atoms with Crippen LogP contribution in [-0.2, 0) is 6.42 Å². The van der Waals surface area contributed by atoms with Crippen molar-refractivity contribution in [3.63, 3.8) is 0 Å². The number of nitrogen functional groups attached to an aromatic ring is 1. The van der Waals surface area contributed by atoms with E-state index in [4.69, 9.17) is 10.8 Å². The highest BCUT2D eigenvalue weighted by atomic mass is 32.1. The van der Waals surface area contributed by atoms with Gasteiger partial charge in [-0.2, -0.15) is 0 Å². The summed E-state index contributed by atoms with van der Waals surface area (Å²) in [5.74, 6) is -0.982. The molecule has 0 fully saturated rings. The van der Waals surface area contributed by atoms with E-state index in [1.165, 1.54) is 5.56 Å². The molecule has 4 nitrogen and oxygen atoms in total. The zero-order valence-corrected chi connectivity index (χ0v) is 11.5. The fraction of sp³-hybridized carbons (Fsp3) is 0.385. The number of carboxylic acids is 1. The summed E-state index contributed by atoms with van der Waals surface area (Å²) in [7, 11) is 0. The number of pyridine rings is 1. The molecule has 0 bridgehead atoms. The van der Waals surface area contributed by atoms with Crippen LogP contribution in [0.5, 0.6) is 0 Å². The van der Waals surface area contributed by atoms with Gasteiger partial charge in [0.2, 0.25) is 0 Å². The number of fused-ring (bicyclic) bond motifs is 1. The first kappa shape index (κ1) is 12.8. The van der Waals surface area contributed by atoms with Crippen LogP contribution in [0.2, 0.25) is 0 Å². The van der Waals surface area contributed by atoms with Crippen molar-refractivity contribution in [2.75, 3.05) is 5.73 Å². The molecule has 2 aromatic heterocycles. The highest BCUT2D eigenvalue weighted by molar-refractivity contribution is 7.21. The minimum absolute atomic E-state index is 0.189. The lowest BCUT2D eigenvalue weighted by Crippen LogP contribution is -2.00. The average Bonchev–Trinajstić information content (AvgIpc) is 2.62. The highest BCUT2D eigenvalue weighted by Crippen LogP contribution is 2.36. The van der Waals surface area contributed by atoms with Crippen molar-refractivity contribution in [3.8, 4) is 0 Å². The average molecular weight is 264 g/mol. The summed E-state index contributed by atoms with van der Waals surface area (Å²) >= 11 is 1.15. The van der Waals surface area contributed by atoms with Gasteiger partial charge in [-0.25, -0.2) is 9.78 Å². The smallest absolute Gasteiger partial charge is 0.348 e. The Morgan fingerprint density at radius 1 is 1.44 bits per heavy atom. The number of carboxylic acid groups (broad SMARTS) is 1. The molecular formula is C13H16N2O2S. The van der Waals surface area contributed by atoms with E-state index in [2.05, 4.69) is 11.9 Å². The van der Waals surface area contributed by atoms with Crippen molar-refractivity contribution in [1.29, 1.82) is 0 Å². The molecule has 2 rings (SSSR count). The molecule has 96 valence electrons. The maximum absolute atomic E-state index is 11.1. The molecule has 0 saturated heterocycles. The Morgan fingerprint density at radius 3 is 2.67 bits per heavy atom. The number of hydrogen-bond acceptors (Lipinski definition) is 4. The number of anilines is 1. The van der Waals surface area contributed by atoms with E-state index in [0.29, 0.717) is 5.69 Å². The van der Waals surface area contributed by atoms with Gasteiger partial charge in [0.05, 0.1) is 5.69 Å². The van der Waals surface area contributed by atoms with Gasteiger partial charge in [0, 0.05) is 11.1 Å². The molecule has 0 aliphatic carbocycles. The molecule has 5 heteroatoms. The normalized spacial score (nSPS) is 11.1. The van der Waals surface area contributed by atoms with Crippen molar-refractivity contribution in [2.24, 2.45) is 0 Å². The molecule has 0 spiro atoms. The Morgan fingerprint density at radius 2 is 2.11 bits per heavy atom. The Hall–Kier alpha value is -1.62. The second-order valence-corrected chi connectivity index (χ2v) is 5.38. The number of thiophene rings is 1. The van der Waals surface area contributed by atoms with E-state index in [1.807, 2.05) is 13.8 Å². The first-order valence-electron chi connectivity index (χ1n) is 5.88. The third-order valence-corrected chi connectivity index (χ3v) is 4.24. The molecule has 0 aliphatic rings. The molecule has 0 saturated carbocycles. The summed E-state index contributed by atoms with van der Waals surface area (Å²) in [6.45, 7) is 6.08. The van der Waals surface area contributed by atoms with Gasteiger partial charge >= 0.3 is 5.97 Å². The highest BCUT2D eigenvalue weighted by Gasteiger charge is 2.20. The number of carbonyl (C=O) groups is 1. The number of aryl methyl sites for hydroxylation is 2. The van der Waals surface area contributed by atoms with Crippen LogP contribution in [0.4, 0.5) is 5.69 Å². The first-order valence-corrected chi connectivity index (χ1v) is 6.70. The van der Waals surface area contributed by atoms with Crippen molar-refractivity contribution in [1.82, 2.24) is 4.98 Å². The largest absolute Gasteiger partial charge is 0.477 e. The Kier molecular flexibility index (Phi) is 3.26. The lowest BCUT2D eigenvalue weighted by Gasteiger charge is -2.09. The van der Waals surface area contributed by atoms with Gasteiger partial charge in [-0.15, -0.1) is 11.3 Å². The van der Waals surface area contributed by atoms with Gasteiger partial charge in [0.1, 0.15) is 9.71 Å². The fourth-order valence-electron chi connectivity index (χ4n) is 2.29. The van der Waals surface area contributed by atoms with Crippen LogP contribution < -0.4 is 5.73 Å². The fourth-order valence-corrected chi connectivity index (χ4v) is 3.33. The van der Waals surface area contributed by atoms with Gasteiger partial charge in [-0.05, 0) is 31.4 Å². The van der Waals surface area contributed by atoms with E-state index < -0.39 is 5.97 Å². The van der Waals surface area contributed by atoms with Crippen molar-refractivity contribution >= 4 is 33.2 Å². The number of rotatable bonds is 3. The molecular weight excluding hydrogens is 248 g/mol. The minimum atomic E-state index is -0.982. The number of nitrogens with two attached hydrogens (primary N) is 1. The van der Waals surface area contributed by atoms with E-state index >= 15 is 0 Å². The maximum Gasteiger partial charge on any atom is 0.348 e. The molecule has 0 radical (unpaired) electrons. The SMILES string of the molecule is CCCc1c(C)nc2sc(C(=O)O)c(N)c2c1C. The number of aromatic nitrogens is 1. The molecule has 0 aromatic carbocycles. The summed E-state index contributed by atoms with van der Waals surface area (Å²) in [6.07, 6.45) is 1.98. The zero-order chi connectivity index (χ0) is 13.4. The number of hydrogen-bond donors (Lipinski definition) is 2. The van der Waals surface area contributed by atoms with Crippen LogP contribution in [0, 0.1) is 13.8 Å². The maximum atomic E-state index is 11.1. The zero-order valence-electron chi connectivity index (χ0n) is 10.7. The predicted octanol–water partition coefficient (Wildman–Crippen LogP) is 3.15. The van der Waals surface area contributed by atoms with Crippen LogP contribution in [0.25, 0.3) is 10.2 Å². The lowest BCUT2D eigenvalue weighted by atomic mass is 10.00. The summed E-state index contributed by atoms with van der Waals surface area (Å²) < 4.78 is 0. The first-order chi connectivity index (χ1) is 8.47. The third-order valence-electron chi connectivity index (χ3n) is 3.15. The van der Waals surface area contributed by atoms with Crippen molar-refractivity contribution in [3.05, 3.63) is 21.7 Å². The second kappa shape index (κ2) is 4.57. The molecule has 0 unspecified atom stereocenters. The Balaban J connectivity index is 2.80. The summed E-state index contributed by atoms with van der Waals surface area (Å²) in [5.41, 5.74) is 9.53. The monoisotopic (exact) mass is 264 g/mol. The molecule has 3 N–H and O–H groups in total. The van der Waals surface area contributed by atoms with Gasteiger partial charge in [-0.1, -0.05) is 13.3 Å². The van der Waals surface area contributed by atoms with Crippen LogP contribution in [-0.4, -0.2) is 16.1 Å². The quantitative estimate of drug-likeness (QED) is 0.892. The van der Waals surface area contributed by atoms with Gasteiger partial charge in [0.25, 0.3) is 0 Å². The Bertz CT molecular complexity index is 632. The topological polar surface area (TPSA) is 76.2 Å². The van der Waals surface area contributed by atoms with Crippen LogP contribution >= 0.6 is 11.3 Å². The number of aromatic carboxylic acids is 1. The van der Waals surface area contributed by atoms with E-state index in [-0.39, 0.29) is 4.88 Å². The molecule has 0 aliphatic heterocycles. The van der Waals surface area contributed by atoms with E-state index in [1.54, 1.807) is 0 Å².